The average Bonchev–Trinajstić information content (AvgIpc) is 2.78. The van der Waals surface area contributed by atoms with Gasteiger partial charge in [0.2, 0.25) is 15.9 Å². The maximum atomic E-state index is 12.7. The minimum absolute atomic E-state index is 0.0655. The highest BCUT2D eigenvalue weighted by atomic mass is 35.5. The first-order valence-corrected chi connectivity index (χ1v) is 12.3. The van der Waals surface area contributed by atoms with Crippen molar-refractivity contribution in [2.75, 3.05) is 32.1 Å². The first-order valence-electron chi connectivity index (χ1n) is 10.0. The molecule has 172 valence electrons. The Morgan fingerprint density at radius 2 is 1.97 bits per heavy atom. The summed E-state index contributed by atoms with van der Waals surface area (Å²) >= 11 is 12.6. The number of nitrogens with zero attached hydrogens (tertiary/aromatic N) is 1. The number of piperidine rings is 1. The van der Waals surface area contributed by atoms with Gasteiger partial charge in [-0.3, -0.25) is 4.79 Å². The van der Waals surface area contributed by atoms with Gasteiger partial charge in [0.05, 0.1) is 24.4 Å². The van der Waals surface area contributed by atoms with Gasteiger partial charge in [0.15, 0.2) is 0 Å². The number of carbonyl (C=O) groups excluding carboxylic acids is 1. The first kappa shape index (κ1) is 24.4. The van der Waals surface area contributed by atoms with Gasteiger partial charge in [0, 0.05) is 41.2 Å². The Hall–Kier alpha value is -2.26. The second kappa shape index (κ2) is 10.6. The maximum absolute atomic E-state index is 12.7. The van der Waals surface area contributed by atoms with Gasteiger partial charge in [-0.2, -0.15) is 0 Å². The van der Waals surface area contributed by atoms with Gasteiger partial charge in [-0.05, 0) is 36.6 Å². The lowest BCUT2D eigenvalue weighted by Crippen LogP contribution is -2.47. The van der Waals surface area contributed by atoms with Crippen molar-refractivity contribution in [2.45, 2.75) is 18.9 Å². The number of hydrogen-bond donors (Lipinski definition) is 2. The summed E-state index contributed by atoms with van der Waals surface area (Å²) in [5.41, 5.74) is 2.25. The number of likely N-dealkylation sites (tertiary alicyclic amines) is 1. The van der Waals surface area contributed by atoms with Crippen LogP contribution in [0.5, 0.6) is 5.75 Å². The fourth-order valence-electron chi connectivity index (χ4n) is 3.55. The smallest absolute Gasteiger partial charge is 0.241 e. The molecule has 1 saturated heterocycles. The van der Waals surface area contributed by atoms with E-state index >= 15 is 0 Å². The van der Waals surface area contributed by atoms with E-state index in [9.17, 15) is 13.2 Å². The summed E-state index contributed by atoms with van der Waals surface area (Å²) in [6.45, 7) is 4.30. The van der Waals surface area contributed by atoms with Crippen molar-refractivity contribution in [3.8, 4) is 16.9 Å². The second-order valence-electron chi connectivity index (χ2n) is 7.38. The molecule has 0 radical (unpaired) electrons. The number of ether oxygens (including phenoxy) is 1. The van der Waals surface area contributed by atoms with Crippen molar-refractivity contribution >= 4 is 44.8 Å². The van der Waals surface area contributed by atoms with E-state index in [4.69, 9.17) is 27.9 Å². The zero-order chi connectivity index (χ0) is 23.3. The fourth-order valence-corrected chi connectivity index (χ4v) is 4.80. The lowest BCUT2D eigenvalue weighted by atomic mass is 10.0. The number of rotatable bonds is 8. The van der Waals surface area contributed by atoms with Crippen LogP contribution in [-0.2, 0) is 14.8 Å². The zero-order valence-electron chi connectivity index (χ0n) is 17.6. The molecule has 7 nitrogen and oxygen atoms in total. The molecule has 3 rings (SSSR count). The lowest BCUT2D eigenvalue weighted by molar-refractivity contribution is -0.130. The van der Waals surface area contributed by atoms with Crippen molar-refractivity contribution in [1.82, 2.24) is 9.62 Å². The SMILES string of the molecule is C=CS(=O)(=O)NC1CCN(C(=O)CNc2cc(-c3cccc(Cl)c3)c(Cl)cc2OC)CC1. The number of hydrogen-bond acceptors (Lipinski definition) is 5. The molecule has 10 heteroatoms. The van der Waals surface area contributed by atoms with E-state index in [1.54, 1.807) is 17.0 Å². The molecular weight excluding hydrogens is 473 g/mol. The summed E-state index contributed by atoms with van der Waals surface area (Å²) in [6, 6.07) is 10.7. The number of benzene rings is 2. The topological polar surface area (TPSA) is 87.7 Å². The van der Waals surface area contributed by atoms with Gasteiger partial charge >= 0.3 is 0 Å². The van der Waals surface area contributed by atoms with Gasteiger partial charge in [0.25, 0.3) is 0 Å². The third-order valence-electron chi connectivity index (χ3n) is 5.25. The van der Waals surface area contributed by atoms with Crippen LogP contribution in [0.4, 0.5) is 5.69 Å². The third kappa shape index (κ3) is 6.16. The molecule has 32 heavy (non-hydrogen) atoms. The number of anilines is 1. The number of methoxy groups -OCH3 is 1. The molecule has 0 aromatic heterocycles. The van der Waals surface area contributed by atoms with Crippen LogP contribution in [-0.4, -0.2) is 52.0 Å². The van der Waals surface area contributed by atoms with Crippen LogP contribution >= 0.6 is 23.2 Å². The first-order chi connectivity index (χ1) is 15.2. The van der Waals surface area contributed by atoms with E-state index in [-0.39, 0.29) is 18.5 Å². The maximum Gasteiger partial charge on any atom is 0.241 e. The Kier molecular flexibility index (Phi) is 8.05. The van der Waals surface area contributed by atoms with Crippen LogP contribution in [0.25, 0.3) is 11.1 Å². The molecule has 1 amide bonds. The highest BCUT2D eigenvalue weighted by Gasteiger charge is 2.25. The Morgan fingerprint density at radius 3 is 2.59 bits per heavy atom. The molecule has 2 aromatic carbocycles. The van der Waals surface area contributed by atoms with Gasteiger partial charge in [0.1, 0.15) is 5.75 Å². The van der Waals surface area contributed by atoms with Crippen molar-refractivity contribution in [3.05, 3.63) is 58.4 Å². The Labute approximate surface area is 198 Å². The van der Waals surface area contributed by atoms with Crippen LogP contribution in [0.15, 0.2) is 48.4 Å². The van der Waals surface area contributed by atoms with Gasteiger partial charge in [-0.1, -0.05) is 41.9 Å². The number of amides is 1. The molecule has 1 aliphatic rings. The quantitative estimate of drug-likeness (QED) is 0.572. The van der Waals surface area contributed by atoms with Crippen LogP contribution in [0.1, 0.15) is 12.8 Å². The highest BCUT2D eigenvalue weighted by Crippen LogP contribution is 2.37. The minimum Gasteiger partial charge on any atom is -0.495 e. The Bertz CT molecular complexity index is 1100. The predicted octanol–water partition coefficient (Wildman–Crippen LogP) is 4.13. The second-order valence-corrected chi connectivity index (χ2v) is 9.88. The van der Waals surface area contributed by atoms with Gasteiger partial charge in [-0.25, -0.2) is 13.1 Å². The summed E-state index contributed by atoms with van der Waals surface area (Å²) in [5.74, 6) is 0.433. The monoisotopic (exact) mass is 497 g/mol. The summed E-state index contributed by atoms with van der Waals surface area (Å²) in [5, 5.41) is 5.13. The van der Waals surface area contributed by atoms with Crippen molar-refractivity contribution < 1.29 is 17.9 Å². The molecule has 2 N–H and O–H groups in total. The Morgan fingerprint density at radius 1 is 1.25 bits per heavy atom. The molecule has 0 saturated carbocycles. The van der Waals surface area contributed by atoms with E-state index in [0.717, 1.165) is 16.5 Å². The number of halogens is 2. The average molecular weight is 498 g/mol. The zero-order valence-corrected chi connectivity index (χ0v) is 19.9. The summed E-state index contributed by atoms with van der Waals surface area (Å²) in [7, 11) is -1.94. The van der Waals surface area contributed by atoms with Gasteiger partial charge in [-0.15, -0.1) is 0 Å². The minimum atomic E-state index is -3.48. The van der Waals surface area contributed by atoms with Crippen LogP contribution in [0, 0.1) is 0 Å². The molecule has 0 aliphatic carbocycles. The molecule has 1 aliphatic heterocycles. The molecule has 0 spiro atoms. The van der Waals surface area contributed by atoms with E-state index in [1.165, 1.54) is 7.11 Å². The van der Waals surface area contributed by atoms with Crippen molar-refractivity contribution in [2.24, 2.45) is 0 Å². The Balaban J connectivity index is 1.65. The fraction of sp³-hybridized carbons (Fsp3) is 0.318. The third-order valence-corrected chi connectivity index (χ3v) is 6.90. The van der Waals surface area contributed by atoms with Crippen LogP contribution < -0.4 is 14.8 Å². The summed E-state index contributed by atoms with van der Waals surface area (Å²) in [6.07, 6.45) is 1.09. The van der Waals surface area contributed by atoms with E-state index < -0.39 is 10.0 Å². The van der Waals surface area contributed by atoms with Crippen molar-refractivity contribution in [1.29, 1.82) is 0 Å². The van der Waals surface area contributed by atoms with Crippen LogP contribution in [0.3, 0.4) is 0 Å². The summed E-state index contributed by atoms with van der Waals surface area (Å²) < 4.78 is 31.2. The van der Waals surface area contributed by atoms with E-state index in [2.05, 4.69) is 16.6 Å². The molecule has 2 aromatic rings. The molecule has 1 fully saturated rings. The van der Waals surface area contributed by atoms with Crippen molar-refractivity contribution in [3.63, 3.8) is 0 Å². The van der Waals surface area contributed by atoms with Gasteiger partial charge < -0.3 is 15.0 Å². The van der Waals surface area contributed by atoms with E-state index in [1.807, 2.05) is 24.3 Å². The number of sulfonamides is 1. The largest absolute Gasteiger partial charge is 0.495 e. The number of nitrogens with one attached hydrogen (secondary N) is 2. The van der Waals surface area contributed by atoms with E-state index in [0.29, 0.717) is 47.4 Å². The highest BCUT2D eigenvalue weighted by molar-refractivity contribution is 7.92. The predicted molar refractivity (Wildman–Crippen MR) is 129 cm³/mol. The molecule has 0 unspecified atom stereocenters. The number of carbonyl (C=O) groups is 1. The molecule has 1 heterocycles. The standard InChI is InChI=1S/C22H25Cl2N3O4S/c1-3-32(29,30)26-17-7-9-27(10-8-17)22(28)14-25-20-12-18(19(24)13-21(20)31-2)15-5-4-6-16(23)11-15/h3-6,11-13,17,25-26H,1,7-10,14H2,2H3. The lowest BCUT2D eigenvalue weighted by Gasteiger charge is -2.32. The van der Waals surface area contributed by atoms with Crippen LogP contribution in [0.2, 0.25) is 10.0 Å². The summed E-state index contributed by atoms with van der Waals surface area (Å²) in [4.78, 5) is 14.4. The molecular formula is C22H25Cl2N3O4S. The molecule has 0 bridgehead atoms. The molecule has 0 atom stereocenters. The normalized spacial score (nSPS) is 14.8.